The third kappa shape index (κ3) is 7.79. The number of nitro benzene ring substituents is 1. The molecule has 3 rings (SSSR count). The van der Waals surface area contributed by atoms with E-state index in [1.807, 2.05) is 0 Å². The first-order chi connectivity index (χ1) is 19.2. The van der Waals surface area contributed by atoms with Gasteiger partial charge >= 0.3 is 17.8 Å². The van der Waals surface area contributed by atoms with Gasteiger partial charge in [0.15, 0.2) is 0 Å². The third-order valence-corrected chi connectivity index (χ3v) is 6.12. The van der Waals surface area contributed by atoms with E-state index in [0.717, 1.165) is 10.6 Å². The Labute approximate surface area is 230 Å². The molecule has 1 aliphatic rings. The summed E-state index contributed by atoms with van der Waals surface area (Å²) < 4.78 is 49.2. The summed E-state index contributed by atoms with van der Waals surface area (Å²) in [5.41, 5.74) is -1.72. The van der Waals surface area contributed by atoms with Crippen molar-refractivity contribution in [2.75, 3.05) is 13.2 Å². The molecule has 1 saturated heterocycles. The summed E-state index contributed by atoms with van der Waals surface area (Å²) in [6.45, 7) is 1.97. The van der Waals surface area contributed by atoms with E-state index in [-0.39, 0.29) is 35.6 Å². The standard InChI is InChI=1S/C25H27F3N4O9/c1-13(2)21(16-6-5-14(8-17(16)32(38)39)4-3-7-29-23(36)25(26,27)28)40-12-15-10-31(24(37)30-22(15)35)20-9-18(34)19(11-33)41-20/h5-6,8,10,13,18-21,33-34H,7,9,11-12H2,1-2H3,(H,29,36)(H,30,35,37)/t18?,19-,20-,21?/m1/s1. The molecule has 222 valence electrons. The molecule has 1 aromatic carbocycles. The van der Waals surface area contributed by atoms with Crippen molar-refractivity contribution in [3.63, 3.8) is 0 Å². The van der Waals surface area contributed by atoms with Crippen molar-refractivity contribution in [3.05, 3.63) is 72.0 Å². The minimum Gasteiger partial charge on any atom is -0.394 e. The Morgan fingerprint density at radius 1 is 1.37 bits per heavy atom. The van der Waals surface area contributed by atoms with Gasteiger partial charge in [0.25, 0.3) is 11.2 Å². The summed E-state index contributed by atoms with van der Waals surface area (Å²) in [4.78, 5) is 49.0. The lowest BCUT2D eigenvalue weighted by Gasteiger charge is -2.22. The molecule has 2 heterocycles. The first kappa shape index (κ1) is 31.5. The topological polar surface area (TPSA) is 186 Å². The van der Waals surface area contributed by atoms with Crippen molar-refractivity contribution in [1.29, 1.82) is 0 Å². The van der Waals surface area contributed by atoms with E-state index in [1.165, 1.54) is 18.3 Å². The normalized spacial score (nSPS) is 19.5. The van der Waals surface area contributed by atoms with E-state index in [1.54, 1.807) is 19.2 Å². The fraction of sp³-hybridized carbons (Fsp3) is 0.480. The first-order valence-corrected chi connectivity index (χ1v) is 12.3. The number of carbonyl (C=O) groups is 1. The number of hydrogen-bond donors (Lipinski definition) is 4. The number of rotatable bonds is 9. The number of H-pyrrole nitrogens is 1. The van der Waals surface area contributed by atoms with E-state index < -0.39 is 71.6 Å². The molecular weight excluding hydrogens is 557 g/mol. The molecule has 1 amide bonds. The van der Waals surface area contributed by atoms with Crippen LogP contribution in [0.4, 0.5) is 18.9 Å². The van der Waals surface area contributed by atoms with Crippen LogP contribution in [0.2, 0.25) is 0 Å². The number of nitro groups is 1. The summed E-state index contributed by atoms with van der Waals surface area (Å²) in [6.07, 6.45) is -7.68. The Morgan fingerprint density at radius 2 is 2.07 bits per heavy atom. The van der Waals surface area contributed by atoms with Crippen LogP contribution in [0.5, 0.6) is 0 Å². The van der Waals surface area contributed by atoms with Crippen LogP contribution in [0, 0.1) is 27.9 Å². The number of aromatic nitrogens is 2. The second-order valence-electron chi connectivity index (χ2n) is 9.42. The molecule has 2 unspecified atom stereocenters. The zero-order valence-corrected chi connectivity index (χ0v) is 21.8. The van der Waals surface area contributed by atoms with Gasteiger partial charge < -0.3 is 25.0 Å². The van der Waals surface area contributed by atoms with Gasteiger partial charge in [0.1, 0.15) is 12.3 Å². The summed E-state index contributed by atoms with van der Waals surface area (Å²) in [7, 11) is 0. The predicted molar refractivity (Wildman–Crippen MR) is 134 cm³/mol. The number of nitrogens with one attached hydrogen (secondary N) is 2. The molecule has 1 fully saturated rings. The quantitative estimate of drug-likeness (QED) is 0.190. The van der Waals surface area contributed by atoms with Crippen molar-refractivity contribution in [2.24, 2.45) is 5.92 Å². The van der Waals surface area contributed by atoms with Crippen LogP contribution in [0.25, 0.3) is 0 Å². The van der Waals surface area contributed by atoms with Crippen LogP contribution >= 0.6 is 0 Å². The number of alkyl halides is 3. The van der Waals surface area contributed by atoms with Crippen LogP contribution in [0.1, 0.15) is 49.3 Å². The number of aliphatic hydroxyl groups is 2. The maximum atomic E-state index is 12.5. The molecule has 16 heteroatoms. The summed E-state index contributed by atoms with van der Waals surface area (Å²) in [5, 5.41) is 32.7. The Morgan fingerprint density at radius 3 is 2.66 bits per heavy atom. The Hall–Kier alpha value is -4.04. The molecule has 41 heavy (non-hydrogen) atoms. The van der Waals surface area contributed by atoms with Gasteiger partial charge in [0.2, 0.25) is 0 Å². The third-order valence-electron chi connectivity index (χ3n) is 6.12. The number of hydrogen-bond acceptors (Lipinski definition) is 9. The highest BCUT2D eigenvalue weighted by atomic mass is 19.4. The smallest absolute Gasteiger partial charge is 0.394 e. The van der Waals surface area contributed by atoms with Gasteiger partial charge in [-0.1, -0.05) is 25.7 Å². The number of carbonyl (C=O) groups excluding carboxylic acids is 1. The average molecular weight is 585 g/mol. The van der Waals surface area contributed by atoms with Gasteiger partial charge in [-0.05, 0) is 18.1 Å². The number of amides is 1. The molecule has 0 bridgehead atoms. The molecule has 0 aliphatic carbocycles. The van der Waals surface area contributed by atoms with E-state index in [9.17, 15) is 47.9 Å². The van der Waals surface area contributed by atoms with E-state index in [4.69, 9.17) is 9.47 Å². The molecular formula is C25H27F3N4O9. The fourth-order valence-electron chi connectivity index (χ4n) is 4.11. The number of benzene rings is 1. The van der Waals surface area contributed by atoms with Crippen LogP contribution in [-0.4, -0.2) is 62.1 Å². The van der Waals surface area contributed by atoms with E-state index in [0.29, 0.717) is 0 Å². The number of halogens is 3. The van der Waals surface area contributed by atoms with Crippen molar-refractivity contribution in [3.8, 4) is 11.8 Å². The number of ether oxygens (including phenoxy) is 2. The maximum absolute atomic E-state index is 12.5. The van der Waals surface area contributed by atoms with Crippen LogP contribution in [0.15, 0.2) is 34.0 Å². The van der Waals surface area contributed by atoms with Crippen LogP contribution in [0.3, 0.4) is 0 Å². The van der Waals surface area contributed by atoms with Gasteiger partial charge in [-0.15, -0.1) is 0 Å². The average Bonchev–Trinajstić information content (AvgIpc) is 3.27. The van der Waals surface area contributed by atoms with Crippen LogP contribution in [-0.2, 0) is 20.9 Å². The lowest BCUT2D eigenvalue weighted by molar-refractivity contribution is -0.386. The maximum Gasteiger partial charge on any atom is 0.471 e. The lowest BCUT2D eigenvalue weighted by atomic mass is 9.96. The summed E-state index contributed by atoms with van der Waals surface area (Å²) in [6, 6.07) is 3.88. The molecule has 4 N–H and O–H groups in total. The van der Waals surface area contributed by atoms with Gasteiger partial charge in [0, 0.05) is 24.2 Å². The molecule has 0 radical (unpaired) electrons. The molecule has 13 nitrogen and oxygen atoms in total. The minimum atomic E-state index is -5.06. The summed E-state index contributed by atoms with van der Waals surface area (Å²) in [5.74, 6) is 2.25. The van der Waals surface area contributed by atoms with Crippen molar-refractivity contribution in [2.45, 2.75) is 57.6 Å². The Bertz CT molecular complexity index is 1460. The Kier molecular flexibility index (Phi) is 10.0. The van der Waals surface area contributed by atoms with E-state index in [2.05, 4.69) is 16.8 Å². The molecule has 4 atom stereocenters. The van der Waals surface area contributed by atoms with E-state index >= 15 is 0 Å². The van der Waals surface area contributed by atoms with Gasteiger partial charge in [-0.2, -0.15) is 13.2 Å². The lowest BCUT2D eigenvalue weighted by Crippen LogP contribution is -2.36. The zero-order chi connectivity index (χ0) is 30.5. The largest absolute Gasteiger partial charge is 0.471 e. The summed E-state index contributed by atoms with van der Waals surface area (Å²) >= 11 is 0. The number of aromatic amines is 1. The second kappa shape index (κ2) is 13.1. The monoisotopic (exact) mass is 584 g/mol. The van der Waals surface area contributed by atoms with Crippen molar-refractivity contribution in [1.82, 2.24) is 14.9 Å². The molecule has 0 saturated carbocycles. The first-order valence-electron chi connectivity index (χ1n) is 12.3. The van der Waals surface area contributed by atoms with Crippen molar-refractivity contribution < 1.29 is 42.6 Å². The second-order valence-corrected chi connectivity index (χ2v) is 9.42. The zero-order valence-electron chi connectivity index (χ0n) is 21.8. The number of nitrogens with zero attached hydrogens (tertiary/aromatic N) is 2. The SMILES string of the molecule is CC(C)C(OCc1cn([C@H]2CC(O)[C@@H](CO)O2)c(=O)[nH]c1=O)c1ccc(C#CCNC(=O)C(F)(F)F)cc1[N+](=O)[O-]. The van der Waals surface area contributed by atoms with Gasteiger partial charge in [-0.25, -0.2) is 4.79 Å². The van der Waals surface area contributed by atoms with Crippen molar-refractivity contribution >= 4 is 11.6 Å². The highest BCUT2D eigenvalue weighted by Crippen LogP contribution is 2.34. The molecule has 2 aromatic rings. The number of aliphatic hydroxyl groups excluding tert-OH is 2. The minimum absolute atomic E-state index is 0.00756. The highest BCUT2D eigenvalue weighted by molar-refractivity contribution is 5.81. The highest BCUT2D eigenvalue weighted by Gasteiger charge is 2.38. The Balaban J connectivity index is 1.82. The molecule has 1 aromatic heterocycles. The predicted octanol–water partition coefficient (Wildman–Crippen LogP) is 1.03. The van der Waals surface area contributed by atoms with Gasteiger partial charge in [0.05, 0.1) is 48.0 Å². The van der Waals surface area contributed by atoms with Crippen LogP contribution < -0.4 is 16.6 Å². The molecule has 0 spiro atoms. The molecule has 1 aliphatic heterocycles. The van der Waals surface area contributed by atoms with Gasteiger partial charge in [-0.3, -0.25) is 29.3 Å². The fourth-order valence-corrected chi connectivity index (χ4v) is 4.11.